The number of carbonyl (C=O) groups is 1. The van der Waals surface area contributed by atoms with E-state index in [0.717, 1.165) is 12.8 Å². The van der Waals surface area contributed by atoms with Gasteiger partial charge in [-0.25, -0.2) is 4.39 Å². The SMILES string of the molecule is O=C(O)C1(c2ccc(OCC3CCC3)c(F)c2)CC1. The minimum Gasteiger partial charge on any atom is -0.490 e. The maximum Gasteiger partial charge on any atom is 0.314 e. The number of aliphatic carboxylic acids is 1. The van der Waals surface area contributed by atoms with Gasteiger partial charge in [0.25, 0.3) is 0 Å². The molecule has 19 heavy (non-hydrogen) atoms. The summed E-state index contributed by atoms with van der Waals surface area (Å²) in [6.07, 6.45) is 4.72. The molecule has 1 N–H and O–H groups in total. The highest BCUT2D eigenvalue weighted by Gasteiger charge is 2.51. The smallest absolute Gasteiger partial charge is 0.314 e. The summed E-state index contributed by atoms with van der Waals surface area (Å²) in [6.45, 7) is 0.556. The molecule has 3 rings (SSSR count). The molecule has 0 spiro atoms. The summed E-state index contributed by atoms with van der Waals surface area (Å²) < 4.78 is 19.4. The van der Waals surface area contributed by atoms with Crippen LogP contribution in [0.2, 0.25) is 0 Å². The predicted molar refractivity (Wildman–Crippen MR) is 67.8 cm³/mol. The second-order valence-corrected chi connectivity index (χ2v) is 5.64. The molecular weight excluding hydrogens is 247 g/mol. The van der Waals surface area contributed by atoms with Crippen molar-refractivity contribution in [1.82, 2.24) is 0 Å². The topological polar surface area (TPSA) is 46.5 Å². The van der Waals surface area contributed by atoms with Gasteiger partial charge in [-0.1, -0.05) is 12.5 Å². The summed E-state index contributed by atoms with van der Waals surface area (Å²) in [4.78, 5) is 11.2. The molecule has 102 valence electrons. The molecule has 1 aromatic rings. The van der Waals surface area contributed by atoms with E-state index in [2.05, 4.69) is 0 Å². The number of hydrogen-bond acceptors (Lipinski definition) is 2. The van der Waals surface area contributed by atoms with Gasteiger partial charge in [-0.2, -0.15) is 0 Å². The van der Waals surface area contributed by atoms with Crippen LogP contribution in [0.4, 0.5) is 4.39 Å². The molecule has 0 aliphatic heterocycles. The first-order valence-corrected chi connectivity index (χ1v) is 6.78. The van der Waals surface area contributed by atoms with E-state index in [9.17, 15) is 14.3 Å². The molecule has 0 amide bonds. The van der Waals surface area contributed by atoms with Gasteiger partial charge in [-0.15, -0.1) is 0 Å². The van der Waals surface area contributed by atoms with E-state index in [1.807, 2.05) is 0 Å². The third kappa shape index (κ3) is 2.20. The molecule has 0 bridgehead atoms. The van der Waals surface area contributed by atoms with E-state index in [0.29, 0.717) is 30.9 Å². The lowest BCUT2D eigenvalue weighted by Gasteiger charge is -2.25. The Kier molecular flexibility index (Phi) is 2.96. The van der Waals surface area contributed by atoms with Crippen LogP contribution in [0.3, 0.4) is 0 Å². The van der Waals surface area contributed by atoms with Crippen molar-refractivity contribution in [2.75, 3.05) is 6.61 Å². The van der Waals surface area contributed by atoms with Gasteiger partial charge in [0.2, 0.25) is 0 Å². The Morgan fingerprint density at radius 1 is 1.42 bits per heavy atom. The van der Waals surface area contributed by atoms with Gasteiger partial charge in [0.1, 0.15) is 0 Å². The molecule has 0 aromatic heterocycles. The lowest BCUT2D eigenvalue weighted by molar-refractivity contribution is -0.140. The lowest BCUT2D eigenvalue weighted by atomic mass is 9.86. The highest BCUT2D eigenvalue weighted by atomic mass is 19.1. The van der Waals surface area contributed by atoms with Crippen LogP contribution in [0.1, 0.15) is 37.7 Å². The van der Waals surface area contributed by atoms with Gasteiger partial charge in [-0.3, -0.25) is 4.79 Å². The second kappa shape index (κ2) is 4.51. The molecule has 1 aromatic carbocycles. The highest BCUT2D eigenvalue weighted by Crippen LogP contribution is 2.49. The Bertz CT molecular complexity index is 504. The first-order valence-electron chi connectivity index (χ1n) is 6.78. The van der Waals surface area contributed by atoms with Crippen LogP contribution in [0, 0.1) is 11.7 Å². The van der Waals surface area contributed by atoms with Crippen molar-refractivity contribution in [3.8, 4) is 5.75 Å². The van der Waals surface area contributed by atoms with Crippen molar-refractivity contribution in [2.24, 2.45) is 5.92 Å². The Labute approximate surface area is 111 Å². The van der Waals surface area contributed by atoms with E-state index in [4.69, 9.17) is 4.74 Å². The number of halogens is 1. The maximum atomic E-state index is 13.9. The van der Waals surface area contributed by atoms with Crippen molar-refractivity contribution >= 4 is 5.97 Å². The standard InChI is InChI=1S/C15H17FO3/c16-12-8-11(15(6-7-15)14(17)18)4-5-13(12)19-9-10-2-1-3-10/h4-5,8,10H,1-3,6-7,9H2,(H,17,18). The van der Waals surface area contributed by atoms with Crippen molar-refractivity contribution < 1.29 is 19.0 Å². The number of hydrogen-bond donors (Lipinski definition) is 1. The summed E-state index contributed by atoms with van der Waals surface area (Å²) in [5.74, 6) is -0.538. The Morgan fingerprint density at radius 2 is 2.16 bits per heavy atom. The molecule has 0 radical (unpaired) electrons. The molecule has 0 unspecified atom stereocenters. The summed E-state index contributed by atoms with van der Waals surface area (Å²) in [6, 6.07) is 4.56. The van der Waals surface area contributed by atoms with Gasteiger partial charge in [0, 0.05) is 0 Å². The van der Waals surface area contributed by atoms with Crippen molar-refractivity contribution in [3.05, 3.63) is 29.6 Å². The number of carboxylic acid groups (broad SMARTS) is 1. The number of rotatable bonds is 5. The van der Waals surface area contributed by atoms with Crippen LogP contribution in [-0.2, 0) is 10.2 Å². The van der Waals surface area contributed by atoms with Crippen molar-refractivity contribution in [3.63, 3.8) is 0 Å². The van der Waals surface area contributed by atoms with E-state index < -0.39 is 17.2 Å². The third-order valence-corrected chi connectivity index (χ3v) is 4.34. The molecule has 0 heterocycles. The highest BCUT2D eigenvalue weighted by molar-refractivity contribution is 5.84. The minimum atomic E-state index is -0.866. The molecule has 2 saturated carbocycles. The average molecular weight is 264 g/mol. The first kappa shape index (κ1) is 12.5. The van der Waals surface area contributed by atoms with Gasteiger partial charge in [-0.05, 0) is 49.3 Å². The Hall–Kier alpha value is -1.58. The Balaban J connectivity index is 1.72. The van der Waals surface area contributed by atoms with Crippen LogP contribution >= 0.6 is 0 Å². The van der Waals surface area contributed by atoms with Crippen molar-refractivity contribution in [1.29, 1.82) is 0 Å². The van der Waals surface area contributed by atoms with E-state index in [-0.39, 0.29) is 5.75 Å². The minimum absolute atomic E-state index is 0.233. The zero-order chi connectivity index (χ0) is 13.5. The summed E-state index contributed by atoms with van der Waals surface area (Å²) in [5.41, 5.74) is -0.304. The fraction of sp³-hybridized carbons (Fsp3) is 0.533. The summed E-state index contributed by atoms with van der Waals surface area (Å²) in [5, 5.41) is 9.18. The summed E-state index contributed by atoms with van der Waals surface area (Å²) in [7, 11) is 0. The van der Waals surface area contributed by atoms with Crippen LogP contribution < -0.4 is 4.74 Å². The second-order valence-electron chi connectivity index (χ2n) is 5.64. The quantitative estimate of drug-likeness (QED) is 0.888. The van der Waals surface area contributed by atoms with Gasteiger partial charge < -0.3 is 9.84 Å². The zero-order valence-electron chi connectivity index (χ0n) is 10.7. The van der Waals surface area contributed by atoms with Crippen LogP contribution in [0.25, 0.3) is 0 Å². The van der Waals surface area contributed by atoms with E-state index in [1.165, 1.54) is 12.5 Å². The van der Waals surface area contributed by atoms with Gasteiger partial charge in [0.15, 0.2) is 11.6 Å². The third-order valence-electron chi connectivity index (χ3n) is 4.34. The number of benzene rings is 1. The van der Waals surface area contributed by atoms with E-state index in [1.54, 1.807) is 12.1 Å². The van der Waals surface area contributed by atoms with E-state index >= 15 is 0 Å². The molecule has 0 saturated heterocycles. The van der Waals surface area contributed by atoms with Crippen molar-refractivity contribution in [2.45, 2.75) is 37.5 Å². The van der Waals surface area contributed by atoms with Crippen LogP contribution in [-0.4, -0.2) is 17.7 Å². The molecule has 2 fully saturated rings. The maximum absolute atomic E-state index is 13.9. The molecule has 4 heteroatoms. The first-order chi connectivity index (χ1) is 9.12. The molecule has 0 atom stereocenters. The molecule has 2 aliphatic carbocycles. The Morgan fingerprint density at radius 3 is 2.63 bits per heavy atom. The number of carboxylic acids is 1. The average Bonchev–Trinajstić information content (AvgIpc) is 3.10. The number of ether oxygens (including phenoxy) is 1. The summed E-state index contributed by atoms with van der Waals surface area (Å²) >= 11 is 0. The fourth-order valence-electron chi connectivity index (χ4n) is 2.53. The van der Waals surface area contributed by atoms with Gasteiger partial charge >= 0.3 is 5.97 Å². The van der Waals surface area contributed by atoms with Crippen LogP contribution in [0.15, 0.2) is 18.2 Å². The molecule has 2 aliphatic rings. The predicted octanol–water partition coefficient (Wildman–Crippen LogP) is 3.12. The monoisotopic (exact) mass is 264 g/mol. The molecule has 3 nitrogen and oxygen atoms in total. The molecular formula is C15H17FO3. The van der Waals surface area contributed by atoms with Gasteiger partial charge in [0.05, 0.1) is 12.0 Å². The lowest BCUT2D eigenvalue weighted by Crippen LogP contribution is -2.21. The normalized spacial score (nSPS) is 20.7. The zero-order valence-corrected chi connectivity index (χ0v) is 10.7. The largest absolute Gasteiger partial charge is 0.490 e. The fourth-order valence-corrected chi connectivity index (χ4v) is 2.53. The van der Waals surface area contributed by atoms with Crippen LogP contribution in [0.5, 0.6) is 5.75 Å².